The van der Waals surface area contributed by atoms with Crippen LogP contribution in [-0.4, -0.2) is 21.5 Å². The number of sulfonamides is 1. The summed E-state index contributed by atoms with van der Waals surface area (Å²) in [5.74, 6) is -1.90. The van der Waals surface area contributed by atoms with E-state index in [-0.39, 0.29) is 18.7 Å². The van der Waals surface area contributed by atoms with Crippen LogP contribution in [0.15, 0.2) is 17.0 Å². The Labute approximate surface area is 92.5 Å². The van der Waals surface area contributed by atoms with Crippen molar-refractivity contribution in [2.75, 3.05) is 13.1 Å². The minimum Gasteiger partial charge on any atom is -0.329 e. The lowest BCUT2D eigenvalue weighted by Gasteiger charge is -2.07. The minimum absolute atomic E-state index is 0.00179. The van der Waals surface area contributed by atoms with Crippen molar-refractivity contribution in [2.45, 2.75) is 11.8 Å². The van der Waals surface area contributed by atoms with Gasteiger partial charge in [-0.15, -0.1) is 0 Å². The molecule has 1 aromatic carbocycles. The molecule has 3 N–H and O–H groups in total. The number of aryl methyl sites for hydroxylation is 1. The lowest BCUT2D eigenvalue weighted by atomic mass is 10.2. The van der Waals surface area contributed by atoms with Crippen LogP contribution in [0.5, 0.6) is 0 Å². The molecule has 1 aromatic rings. The molecule has 0 saturated carbocycles. The van der Waals surface area contributed by atoms with Gasteiger partial charge in [0.25, 0.3) is 0 Å². The molecule has 16 heavy (non-hydrogen) atoms. The van der Waals surface area contributed by atoms with Gasteiger partial charge in [-0.2, -0.15) is 0 Å². The Morgan fingerprint density at radius 2 is 1.94 bits per heavy atom. The van der Waals surface area contributed by atoms with Crippen molar-refractivity contribution in [1.82, 2.24) is 4.72 Å². The largest absolute Gasteiger partial charge is 0.329 e. The third kappa shape index (κ3) is 2.75. The molecule has 0 radical (unpaired) electrons. The highest BCUT2D eigenvalue weighted by Crippen LogP contribution is 2.18. The van der Waals surface area contributed by atoms with Crippen LogP contribution in [0.1, 0.15) is 5.56 Å². The SMILES string of the molecule is Cc1cc(S(=O)(=O)NCCN)c(F)cc1F. The number of rotatable bonds is 4. The van der Waals surface area contributed by atoms with E-state index in [1.54, 1.807) is 0 Å². The number of nitrogens with one attached hydrogen (secondary N) is 1. The highest BCUT2D eigenvalue weighted by molar-refractivity contribution is 7.89. The zero-order valence-electron chi connectivity index (χ0n) is 8.63. The van der Waals surface area contributed by atoms with Gasteiger partial charge in [0, 0.05) is 19.2 Å². The fourth-order valence-corrected chi connectivity index (χ4v) is 2.30. The topological polar surface area (TPSA) is 72.2 Å². The average Bonchev–Trinajstić information content (AvgIpc) is 2.20. The summed E-state index contributed by atoms with van der Waals surface area (Å²) in [6, 6.07) is 1.50. The quantitative estimate of drug-likeness (QED) is 0.817. The summed E-state index contributed by atoms with van der Waals surface area (Å²) in [4.78, 5) is -0.570. The number of hydrogen-bond acceptors (Lipinski definition) is 3. The molecule has 0 fully saturated rings. The van der Waals surface area contributed by atoms with Crippen LogP contribution >= 0.6 is 0 Å². The van der Waals surface area contributed by atoms with Crippen molar-refractivity contribution in [3.8, 4) is 0 Å². The normalized spacial score (nSPS) is 11.8. The Hall–Kier alpha value is -1.05. The van der Waals surface area contributed by atoms with Crippen molar-refractivity contribution in [2.24, 2.45) is 5.73 Å². The number of halogens is 2. The van der Waals surface area contributed by atoms with Crippen molar-refractivity contribution >= 4 is 10.0 Å². The maximum Gasteiger partial charge on any atom is 0.243 e. The van der Waals surface area contributed by atoms with Gasteiger partial charge in [-0.25, -0.2) is 21.9 Å². The molecular formula is C9H12F2N2O2S. The molecule has 0 heterocycles. The monoisotopic (exact) mass is 250 g/mol. The fourth-order valence-electron chi connectivity index (χ4n) is 1.11. The van der Waals surface area contributed by atoms with Crippen molar-refractivity contribution in [1.29, 1.82) is 0 Å². The summed E-state index contributed by atoms with van der Waals surface area (Å²) in [5, 5.41) is 0. The van der Waals surface area contributed by atoms with Gasteiger partial charge in [0.2, 0.25) is 10.0 Å². The highest BCUT2D eigenvalue weighted by atomic mass is 32.2. The summed E-state index contributed by atoms with van der Waals surface area (Å²) in [7, 11) is -3.96. The van der Waals surface area contributed by atoms with Crippen LogP contribution in [0, 0.1) is 18.6 Å². The Morgan fingerprint density at radius 1 is 1.31 bits per heavy atom. The molecule has 90 valence electrons. The van der Waals surface area contributed by atoms with Crippen LogP contribution in [-0.2, 0) is 10.0 Å². The van der Waals surface area contributed by atoms with E-state index >= 15 is 0 Å². The number of nitrogens with two attached hydrogens (primary N) is 1. The van der Waals surface area contributed by atoms with Gasteiger partial charge in [-0.1, -0.05) is 0 Å². The summed E-state index contributed by atoms with van der Waals surface area (Å²) in [5.41, 5.74) is 5.19. The zero-order valence-corrected chi connectivity index (χ0v) is 9.44. The van der Waals surface area contributed by atoms with Crippen LogP contribution in [0.4, 0.5) is 8.78 Å². The molecule has 0 saturated heterocycles. The molecule has 0 atom stereocenters. The third-order valence-corrected chi connectivity index (χ3v) is 3.42. The van der Waals surface area contributed by atoms with E-state index in [2.05, 4.69) is 4.72 Å². The lowest BCUT2D eigenvalue weighted by molar-refractivity contribution is 0.540. The second-order valence-electron chi connectivity index (χ2n) is 3.22. The molecule has 1 rings (SSSR count). The van der Waals surface area contributed by atoms with E-state index in [0.717, 1.165) is 6.07 Å². The Morgan fingerprint density at radius 3 is 2.50 bits per heavy atom. The summed E-state index contributed by atoms with van der Waals surface area (Å²) in [6.45, 7) is 1.45. The minimum atomic E-state index is -3.96. The predicted molar refractivity (Wildman–Crippen MR) is 55.3 cm³/mol. The van der Waals surface area contributed by atoms with Crippen molar-refractivity contribution in [3.05, 3.63) is 29.3 Å². The lowest BCUT2D eigenvalue weighted by Crippen LogP contribution is -2.29. The molecule has 0 unspecified atom stereocenters. The summed E-state index contributed by atoms with van der Waals surface area (Å²) < 4.78 is 51.4. The van der Waals surface area contributed by atoms with Crippen LogP contribution in [0.2, 0.25) is 0 Å². The summed E-state index contributed by atoms with van der Waals surface area (Å²) in [6.07, 6.45) is 0. The van der Waals surface area contributed by atoms with Gasteiger partial charge in [0.15, 0.2) is 0 Å². The maximum absolute atomic E-state index is 13.3. The molecule has 0 aromatic heterocycles. The Balaban J connectivity index is 3.18. The summed E-state index contributed by atoms with van der Waals surface area (Å²) >= 11 is 0. The molecule has 0 aliphatic heterocycles. The second-order valence-corrected chi connectivity index (χ2v) is 4.95. The molecule has 7 heteroatoms. The van der Waals surface area contributed by atoms with E-state index in [0.29, 0.717) is 6.07 Å². The first-order chi connectivity index (χ1) is 7.38. The first-order valence-electron chi connectivity index (χ1n) is 4.54. The van der Waals surface area contributed by atoms with E-state index in [1.165, 1.54) is 6.92 Å². The molecule has 0 bridgehead atoms. The third-order valence-electron chi connectivity index (χ3n) is 1.94. The molecular weight excluding hydrogens is 238 g/mol. The average molecular weight is 250 g/mol. The van der Waals surface area contributed by atoms with Gasteiger partial charge in [-0.3, -0.25) is 0 Å². The van der Waals surface area contributed by atoms with Gasteiger partial charge in [0.05, 0.1) is 0 Å². The molecule has 4 nitrogen and oxygen atoms in total. The number of hydrogen-bond donors (Lipinski definition) is 2. The van der Waals surface area contributed by atoms with Gasteiger partial charge < -0.3 is 5.73 Å². The van der Waals surface area contributed by atoms with Gasteiger partial charge >= 0.3 is 0 Å². The molecule has 0 spiro atoms. The van der Waals surface area contributed by atoms with Crippen LogP contribution < -0.4 is 10.5 Å². The van der Waals surface area contributed by atoms with Crippen molar-refractivity contribution < 1.29 is 17.2 Å². The fraction of sp³-hybridized carbons (Fsp3) is 0.333. The number of benzene rings is 1. The molecule has 0 amide bonds. The highest BCUT2D eigenvalue weighted by Gasteiger charge is 2.20. The van der Waals surface area contributed by atoms with E-state index in [1.807, 2.05) is 0 Å². The van der Waals surface area contributed by atoms with E-state index in [9.17, 15) is 17.2 Å². The van der Waals surface area contributed by atoms with Crippen LogP contribution in [0.25, 0.3) is 0 Å². The first kappa shape index (κ1) is 13.0. The van der Waals surface area contributed by atoms with E-state index in [4.69, 9.17) is 5.73 Å². The standard InChI is InChI=1S/C9H12F2N2O2S/c1-6-4-9(8(11)5-7(6)10)16(14,15)13-3-2-12/h4-5,13H,2-3,12H2,1H3. The first-order valence-corrected chi connectivity index (χ1v) is 6.02. The second kappa shape index (κ2) is 4.86. The van der Waals surface area contributed by atoms with Gasteiger partial charge in [0.1, 0.15) is 16.5 Å². The maximum atomic E-state index is 13.3. The van der Waals surface area contributed by atoms with Crippen molar-refractivity contribution in [3.63, 3.8) is 0 Å². The Kier molecular flexibility index (Phi) is 3.95. The van der Waals surface area contributed by atoms with Gasteiger partial charge in [-0.05, 0) is 18.6 Å². The smallest absolute Gasteiger partial charge is 0.243 e. The predicted octanol–water partition coefficient (Wildman–Crippen LogP) is 0.510. The van der Waals surface area contributed by atoms with E-state index < -0.39 is 26.6 Å². The zero-order chi connectivity index (χ0) is 12.3. The Bertz CT molecular complexity index is 489. The van der Waals surface area contributed by atoms with Crippen LogP contribution in [0.3, 0.4) is 0 Å². The molecule has 0 aliphatic carbocycles. The molecule has 0 aliphatic rings.